The number of carbonyl (C=O) groups is 2. The Bertz CT molecular complexity index is 951. The molecule has 0 fully saturated rings. The number of thioether (sulfide) groups is 1. The molecule has 0 bridgehead atoms. The molecule has 0 saturated heterocycles. The molecule has 2 rings (SSSR count). The van der Waals surface area contributed by atoms with Crippen molar-refractivity contribution >= 4 is 33.6 Å². The summed E-state index contributed by atoms with van der Waals surface area (Å²) in [6.45, 7) is 0.0487. The molecule has 0 aromatic heterocycles. The summed E-state index contributed by atoms with van der Waals surface area (Å²) in [6.07, 6.45) is 2.17. The van der Waals surface area contributed by atoms with E-state index in [0.717, 1.165) is 11.3 Å². The van der Waals surface area contributed by atoms with E-state index in [1.165, 1.54) is 23.9 Å². The van der Waals surface area contributed by atoms with Gasteiger partial charge >= 0.3 is 0 Å². The van der Waals surface area contributed by atoms with Gasteiger partial charge in [-0.1, -0.05) is 30.3 Å². The first-order valence-electron chi connectivity index (χ1n) is 9.59. The van der Waals surface area contributed by atoms with E-state index in [0.29, 0.717) is 18.7 Å². The van der Waals surface area contributed by atoms with Gasteiger partial charge < -0.3 is 15.4 Å². The van der Waals surface area contributed by atoms with Gasteiger partial charge in [0.1, 0.15) is 11.8 Å². The molecule has 1 unspecified atom stereocenters. The summed E-state index contributed by atoms with van der Waals surface area (Å²) in [5.74, 6) is 0.377. The van der Waals surface area contributed by atoms with Crippen LogP contribution in [0.25, 0.3) is 0 Å². The maximum atomic E-state index is 12.6. The third-order valence-electron chi connectivity index (χ3n) is 4.35. The second kappa shape index (κ2) is 12.3. The van der Waals surface area contributed by atoms with Crippen LogP contribution in [0.4, 0.5) is 0 Å². The lowest BCUT2D eigenvalue weighted by Gasteiger charge is -2.18. The highest BCUT2D eigenvalue weighted by Gasteiger charge is 2.25. The van der Waals surface area contributed by atoms with E-state index in [2.05, 4.69) is 15.4 Å². The molecular formula is C21H27N3O5S2. The van der Waals surface area contributed by atoms with Crippen molar-refractivity contribution in [3.8, 4) is 5.75 Å². The first-order chi connectivity index (χ1) is 14.9. The van der Waals surface area contributed by atoms with Crippen molar-refractivity contribution in [1.82, 2.24) is 15.4 Å². The van der Waals surface area contributed by atoms with Gasteiger partial charge in [-0.05, 0) is 48.3 Å². The minimum absolute atomic E-state index is 0.0780. The van der Waals surface area contributed by atoms with Crippen LogP contribution < -0.4 is 20.1 Å². The number of carbonyl (C=O) groups excluding carboxylic acids is 2. The van der Waals surface area contributed by atoms with E-state index in [1.54, 1.807) is 37.4 Å². The Balaban J connectivity index is 1.89. The van der Waals surface area contributed by atoms with Gasteiger partial charge in [-0.3, -0.25) is 9.59 Å². The van der Waals surface area contributed by atoms with Crippen molar-refractivity contribution in [2.75, 3.05) is 25.7 Å². The predicted molar refractivity (Wildman–Crippen MR) is 121 cm³/mol. The van der Waals surface area contributed by atoms with Crippen LogP contribution in [-0.2, 0) is 26.2 Å². The van der Waals surface area contributed by atoms with Crippen LogP contribution >= 0.6 is 11.8 Å². The Morgan fingerprint density at radius 2 is 1.71 bits per heavy atom. The largest absolute Gasteiger partial charge is 0.497 e. The minimum atomic E-state index is -3.86. The number of amides is 2. The van der Waals surface area contributed by atoms with E-state index in [-0.39, 0.29) is 17.3 Å². The Morgan fingerprint density at radius 1 is 1.03 bits per heavy atom. The summed E-state index contributed by atoms with van der Waals surface area (Å²) in [7, 11) is -2.28. The lowest BCUT2D eigenvalue weighted by Crippen LogP contribution is -2.49. The summed E-state index contributed by atoms with van der Waals surface area (Å²) in [5, 5.41) is 5.22. The number of hydrogen-bond acceptors (Lipinski definition) is 6. The number of hydrogen-bond donors (Lipinski definition) is 3. The van der Waals surface area contributed by atoms with E-state index in [4.69, 9.17) is 4.74 Å². The van der Waals surface area contributed by atoms with Crippen LogP contribution in [0.1, 0.15) is 12.0 Å². The third kappa shape index (κ3) is 8.23. The van der Waals surface area contributed by atoms with E-state index < -0.39 is 22.0 Å². The Kier molecular flexibility index (Phi) is 9.83. The van der Waals surface area contributed by atoms with Crippen molar-refractivity contribution < 1.29 is 22.7 Å². The van der Waals surface area contributed by atoms with Crippen molar-refractivity contribution in [1.29, 1.82) is 0 Å². The van der Waals surface area contributed by atoms with Gasteiger partial charge in [-0.15, -0.1) is 0 Å². The number of nitrogens with one attached hydrogen (secondary N) is 3. The van der Waals surface area contributed by atoms with Gasteiger partial charge in [-0.25, -0.2) is 8.42 Å². The average molecular weight is 466 g/mol. The van der Waals surface area contributed by atoms with Crippen molar-refractivity contribution in [3.63, 3.8) is 0 Å². The Labute approximate surface area is 187 Å². The summed E-state index contributed by atoms with van der Waals surface area (Å²) < 4.78 is 32.7. The zero-order chi connectivity index (χ0) is 22.7. The van der Waals surface area contributed by atoms with Gasteiger partial charge in [0.15, 0.2) is 0 Å². The van der Waals surface area contributed by atoms with E-state index in [1.807, 2.05) is 18.4 Å². The molecule has 2 aromatic carbocycles. The maximum absolute atomic E-state index is 12.6. The van der Waals surface area contributed by atoms with Crippen LogP contribution in [0.5, 0.6) is 5.75 Å². The van der Waals surface area contributed by atoms with Crippen molar-refractivity contribution in [2.45, 2.75) is 23.9 Å². The van der Waals surface area contributed by atoms with Gasteiger partial charge in [0.2, 0.25) is 21.8 Å². The fourth-order valence-electron chi connectivity index (χ4n) is 2.63. The molecule has 0 aliphatic heterocycles. The number of sulfonamides is 1. The van der Waals surface area contributed by atoms with E-state index in [9.17, 15) is 18.0 Å². The van der Waals surface area contributed by atoms with Crippen molar-refractivity contribution in [2.24, 2.45) is 0 Å². The molecule has 0 radical (unpaired) electrons. The molecule has 31 heavy (non-hydrogen) atoms. The fourth-order valence-corrected chi connectivity index (χ4v) is 4.35. The molecule has 0 aliphatic rings. The van der Waals surface area contributed by atoms with Gasteiger partial charge in [0.05, 0.1) is 18.6 Å². The smallest absolute Gasteiger partial charge is 0.241 e. The topological polar surface area (TPSA) is 114 Å². The first-order valence-corrected chi connectivity index (χ1v) is 12.5. The summed E-state index contributed by atoms with van der Waals surface area (Å²) in [4.78, 5) is 24.7. The fraction of sp³-hybridized carbons (Fsp3) is 0.333. The van der Waals surface area contributed by atoms with Crippen LogP contribution in [0.3, 0.4) is 0 Å². The van der Waals surface area contributed by atoms with Gasteiger partial charge in [0, 0.05) is 6.54 Å². The third-order valence-corrected chi connectivity index (χ3v) is 6.48. The molecular weight excluding hydrogens is 438 g/mol. The minimum Gasteiger partial charge on any atom is -0.497 e. The number of rotatable bonds is 12. The monoisotopic (exact) mass is 465 g/mol. The SMILES string of the molecule is COc1ccc(CNC(=O)CNC(=O)C(CCSC)NS(=O)(=O)c2ccccc2)cc1. The molecule has 0 spiro atoms. The molecule has 3 N–H and O–H groups in total. The molecule has 1 atom stereocenters. The summed E-state index contributed by atoms with van der Waals surface area (Å²) in [6, 6.07) is 14.1. The second-order valence-electron chi connectivity index (χ2n) is 6.61. The van der Waals surface area contributed by atoms with Crippen LogP contribution in [0, 0.1) is 0 Å². The average Bonchev–Trinajstić information content (AvgIpc) is 2.79. The first kappa shape index (κ1) is 24.7. The highest BCUT2D eigenvalue weighted by Crippen LogP contribution is 2.11. The second-order valence-corrected chi connectivity index (χ2v) is 9.31. The molecule has 168 valence electrons. The zero-order valence-corrected chi connectivity index (χ0v) is 19.1. The quantitative estimate of drug-likeness (QED) is 0.438. The van der Waals surface area contributed by atoms with Crippen molar-refractivity contribution in [3.05, 3.63) is 60.2 Å². The lowest BCUT2D eigenvalue weighted by molar-refractivity contribution is -0.127. The lowest BCUT2D eigenvalue weighted by atomic mass is 10.2. The van der Waals surface area contributed by atoms with Crippen LogP contribution in [0.15, 0.2) is 59.5 Å². The molecule has 0 saturated carbocycles. The Hall–Kier alpha value is -2.56. The maximum Gasteiger partial charge on any atom is 0.241 e. The van der Waals surface area contributed by atoms with Gasteiger partial charge in [0.25, 0.3) is 0 Å². The Morgan fingerprint density at radius 3 is 2.32 bits per heavy atom. The summed E-state index contributed by atoms with van der Waals surface area (Å²) in [5.41, 5.74) is 0.883. The number of ether oxygens (including phenoxy) is 1. The predicted octanol–water partition coefficient (Wildman–Crippen LogP) is 1.53. The van der Waals surface area contributed by atoms with Crippen LogP contribution in [-0.4, -0.2) is 51.9 Å². The molecule has 0 aliphatic carbocycles. The van der Waals surface area contributed by atoms with Crippen LogP contribution in [0.2, 0.25) is 0 Å². The molecule has 8 nitrogen and oxygen atoms in total. The number of benzene rings is 2. The molecule has 0 heterocycles. The normalized spacial score (nSPS) is 12.1. The zero-order valence-electron chi connectivity index (χ0n) is 17.5. The molecule has 2 amide bonds. The molecule has 10 heteroatoms. The number of methoxy groups -OCH3 is 1. The molecule has 2 aromatic rings. The standard InChI is InChI=1S/C21H27N3O5S2/c1-29-17-10-8-16(9-11-17)14-22-20(25)15-23-21(26)19(12-13-30-2)24-31(27,28)18-6-4-3-5-7-18/h3-11,19,24H,12-15H2,1-2H3,(H,22,25)(H,23,26). The van der Waals surface area contributed by atoms with Gasteiger partial charge in [-0.2, -0.15) is 16.5 Å². The van der Waals surface area contributed by atoms with E-state index >= 15 is 0 Å². The highest BCUT2D eigenvalue weighted by molar-refractivity contribution is 7.98. The highest BCUT2D eigenvalue weighted by atomic mass is 32.2. The summed E-state index contributed by atoms with van der Waals surface area (Å²) >= 11 is 1.50.